The number of hydrogen-bond acceptors (Lipinski definition) is 15. The Labute approximate surface area is 455 Å². The van der Waals surface area contributed by atoms with Gasteiger partial charge in [-0.1, -0.05) is 36.4 Å². The molecular weight excluding hydrogens is 997 g/mol. The molecule has 0 radical (unpaired) electrons. The van der Waals surface area contributed by atoms with Gasteiger partial charge in [0, 0.05) is 89.1 Å². The summed E-state index contributed by atoms with van der Waals surface area (Å²) in [4.78, 5) is 18.5. The monoisotopic (exact) mass is 1070 g/mol. The molecule has 77 heavy (non-hydrogen) atoms. The van der Waals surface area contributed by atoms with Gasteiger partial charge in [0.1, 0.15) is 48.5 Å². The molecular formula is C59H74N8O9S. The van der Waals surface area contributed by atoms with Gasteiger partial charge in [-0.05, 0) is 110 Å². The molecule has 1 amide bonds. The summed E-state index contributed by atoms with van der Waals surface area (Å²) >= 11 is 1.78. The number of nitrogens with one attached hydrogen (secondary N) is 2. The number of nitrogens with zero attached hydrogens (tertiary/aromatic N) is 6. The van der Waals surface area contributed by atoms with Gasteiger partial charge < -0.3 is 57.6 Å². The van der Waals surface area contributed by atoms with Crippen LogP contribution in [0.4, 0.5) is 0 Å². The lowest BCUT2D eigenvalue weighted by atomic mass is 9.96. The van der Waals surface area contributed by atoms with Gasteiger partial charge in [-0.2, -0.15) is 0 Å². The second kappa shape index (κ2) is 26.6. The number of aromatic nitrogens is 4. The quantitative estimate of drug-likeness (QED) is 0.0355. The lowest BCUT2D eigenvalue weighted by Gasteiger charge is -2.29. The molecule has 3 atom stereocenters. The van der Waals surface area contributed by atoms with Crippen molar-refractivity contribution in [3.05, 3.63) is 113 Å². The number of carbonyl (C=O) groups is 1. The first-order valence-electron chi connectivity index (χ1n) is 27.3. The third-order valence-electron chi connectivity index (χ3n) is 14.4. The zero-order chi connectivity index (χ0) is 52.9. The number of likely N-dealkylation sites (N-methyl/N-ethyl adjacent to an activating group) is 1. The molecule has 0 bridgehead atoms. The molecule has 3 aliphatic heterocycles. The Kier molecular flexibility index (Phi) is 18.8. The van der Waals surface area contributed by atoms with Gasteiger partial charge in [-0.25, -0.2) is 4.68 Å². The first-order valence-corrected chi connectivity index (χ1v) is 28.2. The van der Waals surface area contributed by atoms with Crippen molar-refractivity contribution in [3.63, 3.8) is 0 Å². The van der Waals surface area contributed by atoms with Gasteiger partial charge >= 0.3 is 0 Å². The number of amides is 1. The minimum absolute atomic E-state index is 0.0988. The van der Waals surface area contributed by atoms with Crippen LogP contribution >= 0.6 is 11.3 Å². The smallest absolute Gasteiger partial charge is 0.222 e. The maximum Gasteiger partial charge on any atom is 0.222 e. The summed E-state index contributed by atoms with van der Waals surface area (Å²) in [5, 5.41) is 20.6. The molecule has 0 saturated carbocycles. The molecule has 2 N–H and O–H groups in total. The van der Waals surface area contributed by atoms with Crippen LogP contribution < -0.4 is 24.8 Å². The molecule has 0 aliphatic carbocycles. The second-order valence-electron chi connectivity index (χ2n) is 19.9. The molecule has 0 spiro atoms. The fraction of sp³-hybridized carbons (Fsp3) is 0.475. The van der Waals surface area contributed by atoms with Crippen molar-refractivity contribution in [3.8, 4) is 38.8 Å². The molecule has 17 nitrogen and oxygen atoms in total. The zero-order valence-corrected chi connectivity index (χ0v) is 45.8. The highest BCUT2D eigenvalue weighted by Gasteiger charge is 2.44. The van der Waals surface area contributed by atoms with E-state index in [1.54, 1.807) is 23.1 Å². The number of ether oxygens (including phenoxy) is 8. The van der Waals surface area contributed by atoms with E-state index in [1.165, 1.54) is 37.8 Å². The molecule has 3 aromatic heterocycles. The number of fused-ring (bicyclic) bond motifs is 4. The molecule has 6 heterocycles. The third-order valence-corrected chi connectivity index (χ3v) is 15.4. The van der Waals surface area contributed by atoms with E-state index in [2.05, 4.69) is 110 Å². The van der Waals surface area contributed by atoms with E-state index in [-0.39, 0.29) is 24.8 Å². The van der Waals surface area contributed by atoms with E-state index < -0.39 is 0 Å². The largest absolute Gasteiger partial charge is 0.497 e. The predicted molar refractivity (Wildman–Crippen MR) is 299 cm³/mol. The average molecular weight is 1070 g/mol. The summed E-state index contributed by atoms with van der Waals surface area (Å²) in [6.45, 7) is 14.9. The lowest BCUT2D eigenvalue weighted by Crippen LogP contribution is -2.45. The zero-order valence-electron chi connectivity index (χ0n) is 45.0. The predicted octanol–water partition coefficient (Wildman–Crippen LogP) is 8.46. The molecule has 2 fully saturated rings. The molecule has 18 heteroatoms. The Morgan fingerprint density at radius 2 is 1.64 bits per heavy atom. The van der Waals surface area contributed by atoms with Gasteiger partial charge in [0.05, 0.1) is 79.3 Å². The highest BCUT2D eigenvalue weighted by molar-refractivity contribution is 7.13. The average Bonchev–Trinajstić information content (AvgIpc) is 3.80. The van der Waals surface area contributed by atoms with Crippen LogP contribution in [-0.4, -0.2) is 147 Å². The van der Waals surface area contributed by atoms with Gasteiger partial charge in [0.25, 0.3) is 0 Å². The Morgan fingerprint density at radius 3 is 2.42 bits per heavy atom. The van der Waals surface area contributed by atoms with Gasteiger partial charge in [-0.15, -0.1) is 16.4 Å². The van der Waals surface area contributed by atoms with Crippen LogP contribution in [0.1, 0.15) is 61.6 Å². The van der Waals surface area contributed by atoms with E-state index in [0.717, 1.165) is 73.6 Å². The standard InChI is InChI=1S/C59H74N8O9S/c1-5-56(68)65-17-21-74-57-45(37-65)30-43(33-52(57)58-59(76-58)61-46-9-7-16-64(3)38-46)44-31-48(69-4)35-49(32-44)75-40-47-39-66(63-62-47)18-20-71-23-25-73-27-26-72-24-22-70-19-15-60-36-41-11-14-53-51(29-41)50-13-12-42(55-10-8-28-77-55)34-54(50)67(53)6-2/h8,10-14,28-35,39,46,58-61H,5-7,9,15-27,36-38,40H2,1-4H3/t46-,58?,59?/m0/s1. The molecule has 4 aromatic carbocycles. The summed E-state index contributed by atoms with van der Waals surface area (Å²) in [6.07, 6.45) is 4.31. The number of benzene rings is 4. The molecule has 2 saturated heterocycles. The van der Waals surface area contributed by atoms with Gasteiger partial charge in [0.2, 0.25) is 5.91 Å². The number of rotatable bonds is 28. The first-order chi connectivity index (χ1) is 37.8. The number of methoxy groups -OCH3 is 1. The summed E-state index contributed by atoms with van der Waals surface area (Å²) in [5.74, 6) is 2.18. The number of thiophene rings is 1. The number of epoxide rings is 1. The summed E-state index contributed by atoms with van der Waals surface area (Å²) < 4.78 is 52.0. The van der Waals surface area contributed by atoms with Crippen LogP contribution in [0.25, 0.3) is 43.4 Å². The highest BCUT2D eigenvalue weighted by atomic mass is 32.1. The van der Waals surface area contributed by atoms with Crippen molar-refractivity contribution in [1.82, 2.24) is 40.0 Å². The number of carbonyl (C=O) groups excluding carboxylic acids is 1. The van der Waals surface area contributed by atoms with Crippen molar-refractivity contribution in [1.29, 1.82) is 0 Å². The number of likely N-dealkylation sites (tertiary alicyclic amines) is 1. The maximum absolute atomic E-state index is 12.9. The Bertz CT molecular complexity index is 3040. The summed E-state index contributed by atoms with van der Waals surface area (Å²) in [7, 11) is 3.81. The van der Waals surface area contributed by atoms with Crippen molar-refractivity contribution in [2.75, 3.05) is 99.8 Å². The minimum Gasteiger partial charge on any atom is -0.497 e. The highest BCUT2D eigenvalue weighted by Crippen LogP contribution is 2.47. The lowest BCUT2D eigenvalue weighted by molar-refractivity contribution is -0.131. The van der Waals surface area contributed by atoms with Crippen LogP contribution in [0, 0.1) is 0 Å². The van der Waals surface area contributed by atoms with Gasteiger partial charge in [-0.3, -0.25) is 10.1 Å². The van der Waals surface area contributed by atoms with E-state index in [4.69, 9.17) is 37.9 Å². The van der Waals surface area contributed by atoms with Crippen LogP contribution in [-0.2, 0) is 61.3 Å². The van der Waals surface area contributed by atoms with Crippen LogP contribution in [0.2, 0.25) is 0 Å². The van der Waals surface area contributed by atoms with E-state index >= 15 is 0 Å². The van der Waals surface area contributed by atoms with Crippen molar-refractivity contribution in [2.24, 2.45) is 0 Å². The second-order valence-corrected chi connectivity index (χ2v) is 20.9. The summed E-state index contributed by atoms with van der Waals surface area (Å²) in [6, 6.07) is 28.4. The number of piperidine rings is 1. The van der Waals surface area contributed by atoms with Crippen molar-refractivity contribution < 1.29 is 42.7 Å². The Morgan fingerprint density at radius 1 is 0.831 bits per heavy atom. The van der Waals surface area contributed by atoms with Crippen molar-refractivity contribution >= 4 is 39.0 Å². The van der Waals surface area contributed by atoms with Crippen LogP contribution in [0.5, 0.6) is 17.2 Å². The third kappa shape index (κ3) is 14.0. The topological polar surface area (TPSA) is 160 Å². The molecule has 3 aliphatic rings. The van der Waals surface area contributed by atoms with E-state index in [0.29, 0.717) is 109 Å². The Balaban J connectivity index is 0.606. The number of hydrogen-bond donors (Lipinski definition) is 2. The van der Waals surface area contributed by atoms with Crippen LogP contribution in [0.15, 0.2) is 90.4 Å². The molecule has 410 valence electrons. The van der Waals surface area contributed by atoms with Crippen molar-refractivity contribution in [2.45, 2.75) is 84.3 Å². The van der Waals surface area contributed by atoms with E-state index in [1.807, 2.05) is 36.2 Å². The summed E-state index contributed by atoms with van der Waals surface area (Å²) in [5.41, 5.74) is 9.56. The normalized spacial score (nSPS) is 17.7. The molecule has 2 unspecified atom stereocenters. The number of aryl methyl sites for hydroxylation is 1. The SMILES string of the molecule is CCC(=O)N1CCOc2c(cc(-c3cc(OC)cc(OCc4cn(CCOCCOCCOCCOCCNCc5ccc6c(c5)c5ccc(-c7cccs7)cc5n6CC)nn4)c3)cc2C2OC2N[C@H]2CCCN(C)C2)C1. The molecule has 7 aromatic rings. The van der Waals surface area contributed by atoms with Gasteiger partial charge in [0.15, 0.2) is 0 Å². The minimum atomic E-state index is -0.165. The molecule has 10 rings (SSSR count). The maximum atomic E-state index is 12.9. The first kappa shape index (κ1) is 54.4. The van der Waals surface area contributed by atoms with Crippen LogP contribution in [0.3, 0.4) is 0 Å². The fourth-order valence-electron chi connectivity index (χ4n) is 10.5. The Hall–Kier alpha value is -5.93. The van der Waals surface area contributed by atoms with E-state index in [9.17, 15) is 4.79 Å². The fourth-order valence-corrected chi connectivity index (χ4v) is 11.2.